The lowest BCUT2D eigenvalue weighted by Gasteiger charge is -2.21. The van der Waals surface area contributed by atoms with Crippen molar-refractivity contribution in [2.45, 2.75) is 12.5 Å². The molecule has 130 valence electrons. The minimum Gasteiger partial charge on any atom is -0.320 e. The summed E-state index contributed by atoms with van der Waals surface area (Å²) in [6, 6.07) is 7.24. The number of hydrogen-bond acceptors (Lipinski definition) is 4. The lowest BCUT2D eigenvalue weighted by atomic mass is 10.0. The largest absolute Gasteiger partial charge is 0.320 e. The van der Waals surface area contributed by atoms with Crippen molar-refractivity contribution in [2.75, 3.05) is 11.9 Å². The molecule has 0 spiro atoms. The minimum atomic E-state index is -0.955. The summed E-state index contributed by atoms with van der Waals surface area (Å²) in [5.41, 5.74) is 7.42. The predicted molar refractivity (Wildman–Crippen MR) is 93.9 cm³/mol. The molecule has 0 unspecified atom stereocenters. The van der Waals surface area contributed by atoms with Crippen molar-refractivity contribution in [3.8, 4) is 0 Å². The Morgan fingerprint density at radius 3 is 2.60 bits per heavy atom. The standard InChI is InChI=1S/C17H15F2N3O2S/c1-22(12-2-3-15-14(8-12)21-17(24)25-15)16(23)13(20)6-9-4-10(18)7-11(19)5-9/h2-5,7-8,13H,6,20H2,1H3,(H,21,24)/t13-/m0/s1. The Labute approximate surface area is 145 Å². The second kappa shape index (κ2) is 6.73. The van der Waals surface area contributed by atoms with Gasteiger partial charge in [-0.25, -0.2) is 8.78 Å². The van der Waals surface area contributed by atoms with Crippen LogP contribution in [0.25, 0.3) is 10.2 Å². The van der Waals surface area contributed by atoms with Crippen LogP contribution in [0, 0.1) is 11.6 Å². The second-order valence-corrected chi connectivity index (χ2v) is 6.70. The van der Waals surface area contributed by atoms with Crippen molar-refractivity contribution in [1.82, 2.24) is 4.98 Å². The third kappa shape index (κ3) is 3.75. The summed E-state index contributed by atoms with van der Waals surface area (Å²) in [7, 11) is 1.56. The van der Waals surface area contributed by atoms with Gasteiger partial charge in [0.2, 0.25) is 5.91 Å². The van der Waals surface area contributed by atoms with E-state index >= 15 is 0 Å². The lowest BCUT2D eigenvalue weighted by molar-refractivity contribution is -0.119. The number of likely N-dealkylation sites (N-methyl/N-ethyl adjacent to an activating group) is 1. The first-order valence-electron chi connectivity index (χ1n) is 7.44. The molecule has 0 bridgehead atoms. The zero-order valence-electron chi connectivity index (χ0n) is 13.3. The number of nitrogens with zero attached hydrogens (tertiary/aromatic N) is 1. The fourth-order valence-electron chi connectivity index (χ4n) is 2.59. The van der Waals surface area contributed by atoms with Crippen molar-refractivity contribution >= 4 is 33.1 Å². The number of halogens is 2. The average Bonchev–Trinajstić information content (AvgIpc) is 2.91. The summed E-state index contributed by atoms with van der Waals surface area (Å²) in [6.07, 6.45) is 0.00931. The molecule has 3 rings (SSSR count). The summed E-state index contributed by atoms with van der Waals surface area (Å²) in [5, 5.41) is 0. The number of benzene rings is 2. The molecule has 0 saturated heterocycles. The van der Waals surface area contributed by atoms with Crippen LogP contribution in [-0.4, -0.2) is 24.0 Å². The summed E-state index contributed by atoms with van der Waals surface area (Å²) in [4.78, 5) is 27.7. The van der Waals surface area contributed by atoms with Gasteiger partial charge in [0.1, 0.15) is 11.6 Å². The molecule has 0 aliphatic heterocycles. The number of rotatable bonds is 4. The maximum atomic E-state index is 13.2. The fraction of sp³-hybridized carbons (Fsp3) is 0.176. The molecule has 1 amide bonds. The molecule has 0 radical (unpaired) electrons. The van der Waals surface area contributed by atoms with E-state index in [2.05, 4.69) is 4.98 Å². The average molecular weight is 363 g/mol. The summed E-state index contributed by atoms with van der Waals surface area (Å²) >= 11 is 1.08. The Balaban J connectivity index is 1.78. The normalized spacial score (nSPS) is 12.3. The number of nitrogens with one attached hydrogen (secondary N) is 1. The Bertz CT molecular complexity index is 979. The summed E-state index contributed by atoms with van der Waals surface area (Å²) in [6.45, 7) is 0. The van der Waals surface area contributed by atoms with Gasteiger partial charge >= 0.3 is 4.87 Å². The van der Waals surface area contributed by atoms with Gasteiger partial charge < -0.3 is 15.6 Å². The Morgan fingerprint density at radius 1 is 1.24 bits per heavy atom. The molecule has 0 saturated carbocycles. The molecule has 1 atom stereocenters. The van der Waals surface area contributed by atoms with Crippen LogP contribution >= 0.6 is 11.3 Å². The van der Waals surface area contributed by atoms with Crippen molar-refractivity contribution in [3.05, 3.63) is 63.3 Å². The first-order chi connectivity index (χ1) is 11.8. The number of carbonyl (C=O) groups excluding carboxylic acids is 1. The number of anilines is 1. The SMILES string of the molecule is CN(C(=O)[C@@H](N)Cc1cc(F)cc(F)c1)c1ccc2sc(=O)[nH]c2c1. The molecule has 0 fully saturated rings. The van der Waals surface area contributed by atoms with Crippen molar-refractivity contribution < 1.29 is 13.6 Å². The quantitative estimate of drug-likeness (QED) is 0.747. The van der Waals surface area contributed by atoms with E-state index in [9.17, 15) is 18.4 Å². The highest BCUT2D eigenvalue weighted by molar-refractivity contribution is 7.16. The predicted octanol–water partition coefficient (Wildman–Crippen LogP) is 2.40. The van der Waals surface area contributed by atoms with E-state index in [4.69, 9.17) is 5.73 Å². The molecule has 25 heavy (non-hydrogen) atoms. The Kier molecular flexibility index (Phi) is 4.65. The van der Waals surface area contributed by atoms with Gasteiger partial charge in [-0.15, -0.1) is 0 Å². The third-order valence-corrected chi connectivity index (χ3v) is 4.68. The van der Waals surface area contributed by atoms with Crippen LogP contribution in [0.15, 0.2) is 41.2 Å². The smallest absolute Gasteiger partial charge is 0.305 e. The molecular formula is C17H15F2N3O2S. The van der Waals surface area contributed by atoms with Crippen LogP contribution in [0.5, 0.6) is 0 Å². The number of carbonyl (C=O) groups is 1. The minimum absolute atomic E-state index is 0.00931. The molecule has 5 nitrogen and oxygen atoms in total. The highest BCUT2D eigenvalue weighted by atomic mass is 32.1. The number of thiazole rings is 1. The summed E-state index contributed by atoms with van der Waals surface area (Å²) < 4.78 is 27.3. The van der Waals surface area contributed by atoms with Gasteiger partial charge in [-0.1, -0.05) is 11.3 Å². The number of amides is 1. The lowest BCUT2D eigenvalue weighted by Crippen LogP contribution is -2.43. The Hall–Kier alpha value is -2.58. The number of aromatic amines is 1. The highest BCUT2D eigenvalue weighted by Gasteiger charge is 2.20. The monoisotopic (exact) mass is 363 g/mol. The molecule has 0 aliphatic rings. The van der Waals surface area contributed by atoms with Gasteiger partial charge in [0.05, 0.1) is 16.3 Å². The van der Waals surface area contributed by atoms with E-state index in [0.717, 1.165) is 34.2 Å². The highest BCUT2D eigenvalue weighted by Crippen LogP contribution is 2.22. The van der Waals surface area contributed by atoms with Crippen LogP contribution in [0.1, 0.15) is 5.56 Å². The van der Waals surface area contributed by atoms with Gasteiger partial charge in [0.15, 0.2) is 0 Å². The fourth-order valence-corrected chi connectivity index (χ4v) is 3.31. The number of nitrogens with two attached hydrogens (primary N) is 1. The maximum Gasteiger partial charge on any atom is 0.305 e. The van der Waals surface area contributed by atoms with Gasteiger partial charge in [0, 0.05) is 18.8 Å². The first-order valence-corrected chi connectivity index (χ1v) is 8.26. The number of hydrogen-bond donors (Lipinski definition) is 2. The molecule has 2 aromatic carbocycles. The van der Waals surface area contributed by atoms with Crippen molar-refractivity contribution in [1.29, 1.82) is 0 Å². The van der Waals surface area contributed by atoms with Gasteiger partial charge in [-0.3, -0.25) is 9.59 Å². The Morgan fingerprint density at radius 2 is 1.92 bits per heavy atom. The number of fused-ring (bicyclic) bond motifs is 1. The molecule has 0 aliphatic carbocycles. The van der Waals surface area contributed by atoms with Gasteiger partial charge in [-0.2, -0.15) is 0 Å². The van der Waals surface area contributed by atoms with E-state index in [-0.39, 0.29) is 11.3 Å². The van der Waals surface area contributed by atoms with Crippen LogP contribution in [0.4, 0.5) is 14.5 Å². The topological polar surface area (TPSA) is 79.2 Å². The molecule has 1 aromatic heterocycles. The van der Waals surface area contributed by atoms with E-state index in [1.165, 1.54) is 4.90 Å². The van der Waals surface area contributed by atoms with Crippen molar-refractivity contribution in [3.63, 3.8) is 0 Å². The van der Waals surface area contributed by atoms with Crippen LogP contribution in [-0.2, 0) is 11.2 Å². The third-order valence-electron chi connectivity index (χ3n) is 3.82. The molecule has 3 N–H and O–H groups in total. The number of H-pyrrole nitrogens is 1. The first kappa shape index (κ1) is 17.2. The van der Waals surface area contributed by atoms with E-state index in [1.807, 2.05) is 0 Å². The van der Waals surface area contributed by atoms with Gasteiger partial charge in [0.25, 0.3) is 0 Å². The molecular weight excluding hydrogens is 348 g/mol. The maximum absolute atomic E-state index is 13.2. The number of aromatic nitrogens is 1. The molecule has 3 aromatic rings. The van der Waals surface area contributed by atoms with Crippen LogP contribution in [0.3, 0.4) is 0 Å². The molecule has 1 heterocycles. The van der Waals surface area contributed by atoms with E-state index in [1.54, 1.807) is 25.2 Å². The van der Waals surface area contributed by atoms with Crippen LogP contribution < -0.4 is 15.5 Å². The second-order valence-electron chi connectivity index (χ2n) is 5.68. The van der Waals surface area contributed by atoms with E-state index in [0.29, 0.717) is 16.8 Å². The van der Waals surface area contributed by atoms with Gasteiger partial charge in [-0.05, 0) is 42.3 Å². The zero-order valence-corrected chi connectivity index (χ0v) is 14.1. The van der Waals surface area contributed by atoms with Crippen LogP contribution in [0.2, 0.25) is 0 Å². The molecule has 8 heteroatoms. The van der Waals surface area contributed by atoms with Crippen molar-refractivity contribution in [2.24, 2.45) is 5.73 Å². The summed E-state index contributed by atoms with van der Waals surface area (Å²) in [5.74, 6) is -1.83. The zero-order chi connectivity index (χ0) is 18.1. The van der Waals surface area contributed by atoms with E-state index < -0.39 is 23.6 Å².